The highest BCUT2D eigenvalue weighted by Gasteiger charge is 2.11. The van der Waals surface area contributed by atoms with Crippen LogP contribution >= 0.6 is 15.9 Å². The van der Waals surface area contributed by atoms with Crippen LogP contribution in [0.5, 0.6) is 11.5 Å². The first kappa shape index (κ1) is 12.9. The summed E-state index contributed by atoms with van der Waals surface area (Å²) in [5, 5.41) is 0. The van der Waals surface area contributed by atoms with Crippen molar-refractivity contribution in [2.75, 3.05) is 14.2 Å². The third-order valence-corrected chi connectivity index (χ3v) is 3.25. The Balaban J connectivity index is 2.56. The molecule has 0 fully saturated rings. The lowest BCUT2D eigenvalue weighted by atomic mass is 10.0. The minimum atomic E-state index is -0.259. The van der Waals surface area contributed by atoms with Gasteiger partial charge in [0.05, 0.1) is 18.7 Å². The lowest BCUT2D eigenvalue weighted by Gasteiger charge is -2.12. The van der Waals surface area contributed by atoms with Crippen molar-refractivity contribution in [2.45, 2.75) is 0 Å². The molecule has 94 valence electrons. The summed E-state index contributed by atoms with van der Waals surface area (Å²) >= 11 is 3.43. The molecule has 0 N–H and O–H groups in total. The summed E-state index contributed by atoms with van der Waals surface area (Å²) in [5.74, 6) is 1.12. The molecular weight excluding hydrogens is 299 g/mol. The van der Waals surface area contributed by atoms with Gasteiger partial charge in [-0.2, -0.15) is 0 Å². The molecule has 0 aliphatic carbocycles. The summed E-state index contributed by atoms with van der Waals surface area (Å²) in [5.41, 5.74) is 1.77. The van der Waals surface area contributed by atoms with Crippen LogP contribution in [0.3, 0.4) is 0 Å². The number of benzene rings is 2. The molecule has 2 aromatic rings. The molecule has 4 heteroatoms. The maximum Gasteiger partial charge on any atom is 0.136 e. The van der Waals surface area contributed by atoms with E-state index in [1.807, 2.05) is 6.07 Å². The second-order valence-electron chi connectivity index (χ2n) is 3.69. The number of halogens is 2. The van der Waals surface area contributed by atoms with Crippen molar-refractivity contribution in [3.63, 3.8) is 0 Å². The molecule has 0 unspecified atom stereocenters. The van der Waals surface area contributed by atoms with Crippen LogP contribution in [0.4, 0.5) is 4.39 Å². The highest BCUT2D eigenvalue weighted by atomic mass is 79.9. The average molecular weight is 311 g/mol. The quantitative estimate of drug-likeness (QED) is 0.842. The van der Waals surface area contributed by atoms with Gasteiger partial charge < -0.3 is 9.47 Å². The Morgan fingerprint density at radius 3 is 2.11 bits per heavy atom. The fourth-order valence-electron chi connectivity index (χ4n) is 1.72. The van der Waals surface area contributed by atoms with Gasteiger partial charge in [0.15, 0.2) is 0 Å². The summed E-state index contributed by atoms with van der Waals surface area (Å²) in [6.07, 6.45) is 0. The van der Waals surface area contributed by atoms with Crippen LogP contribution in [0.2, 0.25) is 0 Å². The van der Waals surface area contributed by atoms with E-state index in [2.05, 4.69) is 15.9 Å². The molecule has 0 saturated heterocycles. The van der Waals surface area contributed by atoms with Crippen molar-refractivity contribution in [1.29, 1.82) is 0 Å². The van der Waals surface area contributed by atoms with E-state index in [9.17, 15) is 4.39 Å². The second-order valence-corrected chi connectivity index (χ2v) is 4.55. The molecule has 0 radical (unpaired) electrons. The van der Waals surface area contributed by atoms with Crippen molar-refractivity contribution in [1.82, 2.24) is 0 Å². The van der Waals surface area contributed by atoms with E-state index in [0.29, 0.717) is 11.5 Å². The van der Waals surface area contributed by atoms with Gasteiger partial charge in [-0.25, -0.2) is 4.39 Å². The third-order valence-electron chi connectivity index (χ3n) is 2.63. The molecule has 0 saturated carbocycles. The lowest BCUT2D eigenvalue weighted by Crippen LogP contribution is -1.92. The minimum absolute atomic E-state index is 0.259. The summed E-state index contributed by atoms with van der Waals surface area (Å²) in [6.45, 7) is 0. The van der Waals surface area contributed by atoms with Gasteiger partial charge in [-0.3, -0.25) is 0 Å². The van der Waals surface area contributed by atoms with Crippen molar-refractivity contribution in [3.8, 4) is 22.6 Å². The topological polar surface area (TPSA) is 18.5 Å². The zero-order valence-electron chi connectivity index (χ0n) is 10.0. The van der Waals surface area contributed by atoms with Crippen LogP contribution in [0.1, 0.15) is 0 Å². The molecule has 2 aromatic carbocycles. The van der Waals surface area contributed by atoms with Crippen LogP contribution in [0.15, 0.2) is 40.9 Å². The molecule has 0 atom stereocenters. The Morgan fingerprint density at radius 1 is 0.944 bits per heavy atom. The van der Waals surface area contributed by atoms with Gasteiger partial charge in [-0.1, -0.05) is 12.1 Å². The van der Waals surface area contributed by atoms with Gasteiger partial charge in [0.2, 0.25) is 0 Å². The summed E-state index contributed by atoms with van der Waals surface area (Å²) < 4.78 is 24.3. The van der Waals surface area contributed by atoms with E-state index in [1.165, 1.54) is 12.1 Å². The molecule has 2 nitrogen and oxygen atoms in total. The van der Waals surface area contributed by atoms with Crippen molar-refractivity contribution >= 4 is 15.9 Å². The third kappa shape index (κ3) is 2.48. The van der Waals surface area contributed by atoms with Crippen LogP contribution in [0, 0.1) is 5.82 Å². The Kier molecular flexibility index (Phi) is 3.87. The van der Waals surface area contributed by atoms with E-state index in [4.69, 9.17) is 9.47 Å². The molecule has 0 aliphatic rings. The summed E-state index contributed by atoms with van der Waals surface area (Å²) in [7, 11) is 3.19. The predicted octanol–water partition coefficient (Wildman–Crippen LogP) is 4.27. The standard InChI is InChI=1S/C14H12BrFO2/c1-17-13-8-14(18-2)12(15)7-11(13)9-3-5-10(16)6-4-9/h3-8H,1-2H3. The monoisotopic (exact) mass is 310 g/mol. The fraction of sp³-hybridized carbons (Fsp3) is 0.143. The van der Waals surface area contributed by atoms with E-state index in [-0.39, 0.29) is 5.82 Å². The Labute approximate surface area is 113 Å². The van der Waals surface area contributed by atoms with Crippen LogP contribution in [0.25, 0.3) is 11.1 Å². The van der Waals surface area contributed by atoms with Gasteiger partial charge >= 0.3 is 0 Å². The Hall–Kier alpha value is -1.55. The van der Waals surface area contributed by atoms with Gasteiger partial charge in [0.25, 0.3) is 0 Å². The first-order valence-corrected chi connectivity index (χ1v) is 6.12. The Bertz CT molecular complexity index is 552. The number of hydrogen-bond donors (Lipinski definition) is 0. The van der Waals surface area contributed by atoms with E-state index < -0.39 is 0 Å². The van der Waals surface area contributed by atoms with Crippen molar-refractivity contribution in [3.05, 3.63) is 46.7 Å². The van der Waals surface area contributed by atoms with Crippen LogP contribution < -0.4 is 9.47 Å². The SMILES string of the molecule is COc1cc(OC)c(-c2ccc(F)cc2)cc1Br. The second kappa shape index (κ2) is 5.40. The smallest absolute Gasteiger partial charge is 0.136 e. The lowest BCUT2D eigenvalue weighted by molar-refractivity contribution is 0.393. The van der Waals surface area contributed by atoms with E-state index in [1.54, 1.807) is 32.4 Å². The summed E-state index contributed by atoms with van der Waals surface area (Å²) in [4.78, 5) is 0. The molecule has 2 rings (SSSR count). The molecule has 0 bridgehead atoms. The van der Waals surface area contributed by atoms with Gasteiger partial charge in [-0.05, 0) is 39.7 Å². The van der Waals surface area contributed by atoms with Crippen molar-refractivity contribution in [2.24, 2.45) is 0 Å². The zero-order valence-corrected chi connectivity index (χ0v) is 11.6. The van der Waals surface area contributed by atoms with Gasteiger partial charge in [0.1, 0.15) is 17.3 Å². The molecule has 0 heterocycles. The molecule has 0 amide bonds. The molecule has 0 aliphatic heterocycles. The van der Waals surface area contributed by atoms with E-state index >= 15 is 0 Å². The number of methoxy groups -OCH3 is 2. The predicted molar refractivity (Wildman–Crippen MR) is 72.6 cm³/mol. The largest absolute Gasteiger partial charge is 0.496 e. The maximum atomic E-state index is 12.9. The van der Waals surface area contributed by atoms with Gasteiger partial charge in [0, 0.05) is 11.6 Å². The number of hydrogen-bond acceptors (Lipinski definition) is 2. The molecule has 18 heavy (non-hydrogen) atoms. The average Bonchev–Trinajstić information content (AvgIpc) is 2.39. The van der Waals surface area contributed by atoms with Crippen LogP contribution in [-0.2, 0) is 0 Å². The molecule has 0 aromatic heterocycles. The summed E-state index contributed by atoms with van der Waals surface area (Å²) in [6, 6.07) is 9.96. The molecular formula is C14H12BrFO2. The highest BCUT2D eigenvalue weighted by Crippen LogP contribution is 2.38. The van der Waals surface area contributed by atoms with Gasteiger partial charge in [-0.15, -0.1) is 0 Å². The van der Waals surface area contributed by atoms with E-state index in [0.717, 1.165) is 15.6 Å². The number of ether oxygens (including phenoxy) is 2. The zero-order chi connectivity index (χ0) is 13.1. The normalized spacial score (nSPS) is 10.2. The Morgan fingerprint density at radius 2 is 1.56 bits per heavy atom. The van der Waals surface area contributed by atoms with Crippen LogP contribution in [-0.4, -0.2) is 14.2 Å². The fourth-order valence-corrected chi connectivity index (χ4v) is 2.22. The van der Waals surface area contributed by atoms with Crippen molar-refractivity contribution < 1.29 is 13.9 Å². The first-order valence-electron chi connectivity index (χ1n) is 5.33. The maximum absolute atomic E-state index is 12.9. The molecule has 0 spiro atoms. The highest BCUT2D eigenvalue weighted by molar-refractivity contribution is 9.10. The number of rotatable bonds is 3. The first-order chi connectivity index (χ1) is 8.65. The minimum Gasteiger partial charge on any atom is -0.496 e.